The molecule has 0 aliphatic rings. The first-order chi connectivity index (χ1) is 15.8. The molecule has 0 unspecified atom stereocenters. The van der Waals surface area contributed by atoms with E-state index in [1.807, 2.05) is 0 Å². The van der Waals surface area contributed by atoms with Crippen molar-refractivity contribution in [2.75, 3.05) is 85.9 Å². The van der Waals surface area contributed by atoms with Crippen LogP contribution in [-0.2, 0) is 38.0 Å². The number of ether oxygens (including phenoxy) is 7. The number of unbranched alkanes of at least 4 members (excludes halogenated alkanes) is 5. The Labute approximate surface area is 194 Å². The van der Waals surface area contributed by atoms with E-state index in [-0.39, 0.29) is 5.97 Å². The third-order valence-electron chi connectivity index (χ3n) is 4.32. The number of carbonyl (C=O) groups excluding carboxylic acids is 1. The van der Waals surface area contributed by atoms with Crippen LogP contribution in [0.5, 0.6) is 0 Å². The minimum atomic E-state index is -0.136. The molecule has 0 amide bonds. The van der Waals surface area contributed by atoms with Crippen molar-refractivity contribution in [2.45, 2.75) is 51.9 Å². The van der Waals surface area contributed by atoms with E-state index in [1.54, 1.807) is 6.08 Å². The van der Waals surface area contributed by atoms with Crippen molar-refractivity contribution >= 4 is 5.97 Å². The van der Waals surface area contributed by atoms with Gasteiger partial charge in [0.1, 0.15) is 6.61 Å². The predicted molar refractivity (Wildman–Crippen MR) is 124 cm³/mol. The molecule has 0 aromatic carbocycles. The van der Waals surface area contributed by atoms with Crippen LogP contribution in [0.1, 0.15) is 51.9 Å². The van der Waals surface area contributed by atoms with E-state index in [0.717, 1.165) is 12.8 Å². The van der Waals surface area contributed by atoms with Crippen LogP contribution < -0.4 is 0 Å². The van der Waals surface area contributed by atoms with E-state index in [1.165, 1.54) is 25.7 Å². The molecule has 0 saturated carbocycles. The van der Waals surface area contributed by atoms with E-state index in [9.17, 15) is 4.79 Å². The van der Waals surface area contributed by atoms with Crippen LogP contribution in [0.4, 0.5) is 0 Å². The van der Waals surface area contributed by atoms with Crippen LogP contribution in [0.2, 0.25) is 0 Å². The second-order valence-corrected chi connectivity index (χ2v) is 7.16. The molecule has 0 fully saturated rings. The fourth-order valence-corrected chi connectivity index (χ4v) is 2.60. The Morgan fingerprint density at radius 3 is 1.47 bits per heavy atom. The molecule has 190 valence electrons. The SMILES string of the molecule is C=CCOCCOCCOCCOCCOCCOCCOC(=O)CCCCCCCC. The molecular weight excluding hydrogens is 416 g/mol. The van der Waals surface area contributed by atoms with Gasteiger partial charge in [0.05, 0.1) is 79.3 Å². The van der Waals surface area contributed by atoms with E-state index >= 15 is 0 Å². The highest BCUT2D eigenvalue weighted by molar-refractivity contribution is 5.69. The van der Waals surface area contributed by atoms with Gasteiger partial charge in [0.2, 0.25) is 0 Å². The summed E-state index contributed by atoms with van der Waals surface area (Å²) < 4.78 is 37.3. The molecule has 0 aromatic rings. The maximum absolute atomic E-state index is 11.6. The molecular formula is C24H46O8. The second-order valence-electron chi connectivity index (χ2n) is 7.16. The molecule has 0 spiro atoms. The second kappa shape index (κ2) is 28.0. The summed E-state index contributed by atoms with van der Waals surface area (Å²) in [5.74, 6) is -0.136. The van der Waals surface area contributed by atoms with Gasteiger partial charge in [-0.15, -0.1) is 6.58 Å². The average Bonchev–Trinajstić information content (AvgIpc) is 2.80. The Kier molecular flexibility index (Phi) is 27.1. The summed E-state index contributed by atoms with van der Waals surface area (Å²) in [6.45, 7) is 12.2. The molecule has 32 heavy (non-hydrogen) atoms. The number of hydrogen-bond acceptors (Lipinski definition) is 8. The fraction of sp³-hybridized carbons (Fsp3) is 0.875. The zero-order chi connectivity index (χ0) is 23.4. The lowest BCUT2D eigenvalue weighted by Gasteiger charge is -2.08. The highest BCUT2D eigenvalue weighted by atomic mass is 16.6. The minimum absolute atomic E-state index is 0.136. The summed E-state index contributed by atoms with van der Waals surface area (Å²) in [5.41, 5.74) is 0. The summed E-state index contributed by atoms with van der Waals surface area (Å²) in [7, 11) is 0. The predicted octanol–water partition coefficient (Wildman–Crippen LogP) is 3.57. The number of esters is 1. The lowest BCUT2D eigenvalue weighted by atomic mass is 10.1. The Hall–Kier alpha value is -1.03. The first-order valence-electron chi connectivity index (χ1n) is 12.0. The van der Waals surface area contributed by atoms with Gasteiger partial charge in [-0.05, 0) is 6.42 Å². The van der Waals surface area contributed by atoms with E-state index < -0.39 is 0 Å². The molecule has 0 atom stereocenters. The van der Waals surface area contributed by atoms with Crippen molar-refractivity contribution in [3.05, 3.63) is 12.7 Å². The summed E-state index contributed by atoms with van der Waals surface area (Å²) in [4.78, 5) is 11.6. The van der Waals surface area contributed by atoms with Gasteiger partial charge in [-0.25, -0.2) is 0 Å². The lowest BCUT2D eigenvalue weighted by Crippen LogP contribution is -2.15. The summed E-state index contributed by atoms with van der Waals surface area (Å²) in [6, 6.07) is 0. The topological polar surface area (TPSA) is 81.7 Å². The monoisotopic (exact) mass is 462 g/mol. The Morgan fingerprint density at radius 2 is 1.00 bits per heavy atom. The van der Waals surface area contributed by atoms with Crippen molar-refractivity contribution in [1.29, 1.82) is 0 Å². The van der Waals surface area contributed by atoms with Gasteiger partial charge in [0.15, 0.2) is 0 Å². The van der Waals surface area contributed by atoms with Crippen molar-refractivity contribution < 1.29 is 38.0 Å². The van der Waals surface area contributed by atoms with Gasteiger partial charge in [-0.1, -0.05) is 45.1 Å². The first-order valence-corrected chi connectivity index (χ1v) is 12.0. The molecule has 0 N–H and O–H groups in total. The summed E-state index contributed by atoms with van der Waals surface area (Å²) in [5, 5.41) is 0. The largest absolute Gasteiger partial charge is 0.463 e. The van der Waals surface area contributed by atoms with Crippen molar-refractivity contribution in [3.8, 4) is 0 Å². The normalized spacial score (nSPS) is 11.0. The Morgan fingerprint density at radius 1 is 0.594 bits per heavy atom. The standard InChI is InChI=1S/C24H46O8/c1-3-5-6-7-8-9-10-24(25)32-23-22-31-21-20-30-19-18-29-17-16-28-15-14-27-13-12-26-11-4-2/h4H,2-3,5-23H2,1H3. The highest BCUT2D eigenvalue weighted by Gasteiger charge is 2.02. The van der Waals surface area contributed by atoms with Crippen LogP contribution in [0.3, 0.4) is 0 Å². The van der Waals surface area contributed by atoms with E-state index in [2.05, 4.69) is 13.5 Å². The van der Waals surface area contributed by atoms with Crippen LogP contribution in [0.15, 0.2) is 12.7 Å². The third kappa shape index (κ3) is 27.0. The van der Waals surface area contributed by atoms with Crippen molar-refractivity contribution in [2.24, 2.45) is 0 Å². The van der Waals surface area contributed by atoms with Gasteiger partial charge >= 0.3 is 5.97 Å². The van der Waals surface area contributed by atoms with Crippen LogP contribution in [0.25, 0.3) is 0 Å². The van der Waals surface area contributed by atoms with Gasteiger partial charge in [0.25, 0.3) is 0 Å². The number of rotatable bonds is 27. The molecule has 8 nitrogen and oxygen atoms in total. The average molecular weight is 463 g/mol. The third-order valence-corrected chi connectivity index (χ3v) is 4.32. The van der Waals surface area contributed by atoms with Gasteiger partial charge in [-0.3, -0.25) is 4.79 Å². The Balaban J connectivity index is 3.10. The number of hydrogen-bond donors (Lipinski definition) is 0. The molecule has 0 aromatic heterocycles. The molecule has 0 rings (SSSR count). The van der Waals surface area contributed by atoms with E-state index in [0.29, 0.717) is 92.3 Å². The van der Waals surface area contributed by atoms with Gasteiger partial charge < -0.3 is 33.2 Å². The summed E-state index contributed by atoms with van der Waals surface area (Å²) in [6.07, 6.45) is 9.19. The molecule has 8 heteroatoms. The quantitative estimate of drug-likeness (QED) is 0.104. The van der Waals surface area contributed by atoms with Crippen molar-refractivity contribution in [1.82, 2.24) is 0 Å². The van der Waals surface area contributed by atoms with Crippen molar-refractivity contribution in [3.63, 3.8) is 0 Å². The van der Waals surface area contributed by atoms with Gasteiger partial charge in [0, 0.05) is 6.42 Å². The lowest BCUT2D eigenvalue weighted by molar-refractivity contribution is -0.145. The molecule has 0 bridgehead atoms. The van der Waals surface area contributed by atoms with E-state index in [4.69, 9.17) is 33.2 Å². The fourth-order valence-electron chi connectivity index (χ4n) is 2.60. The Bertz CT molecular complexity index is 392. The number of carbonyl (C=O) groups is 1. The zero-order valence-electron chi connectivity index (χ0n) is 20.2. The molecule has 0 heterocycles. The minimum Gasteiger partial charge on any atom is -0.463 e. The highest BCUT2D eigenvalue weighted by Crippen LogP contribution is 2.07. The smallest absolute Gasteiger partial charge is 0.305 e. The molecule has 0 aliphatic heterocycles. The van der Waals surface area contributed by atoms with Crippen LogP contribution in [-0.4, -0.2) is 91.9 Å². The summed E-state index contributed by atoms with van der Waals surface area (Å²) >= 11 is 0. The first kappa shape index (κ1) is 31.0. The molecule has 0 saturated heterocycles. The van der Waals surface area contributed by atoms with Crippen LogP contribution >= 0.6 is 0 Å². The maximum Gasteiger partial charge on any atom is 0.305 e. The molecule has 0 aliphatic carbocycles. The zero-order valence-corrected chi connectivity index (χ0v) is 20.2. The van der Waals surface area contributed by atoms with Gasteiger partial charge in [-0.2, -0.15) is 0 Å². The molecule has 0 radical (unpaired) electrons. The van der Waals surface area contributed by atoms with Crippen LogP contribution in [0, 0.1) is 0 Å². The maximum atomic E-state index is 11.6.